The molecule has 1 atom stereocenters. The Morgan fingerprint density at radius 3 is 2.69 bits per heavy atom. The molecule has 7 heteroatoms. The molecular formula is C25H20ClN3O2S. The van der Waals surface area contributed by atoms with Crippen molar-refractivity contribution in [3.05, 3.63) is 109 Å². The van der Waals surface area contributed by atoms with Gasteiger partial charge in [0.25, 0.3) is 5.69 Å². The Hall–Kier alpha value is -3.22. The SMILES string of the molecule is O=[N+]([O-])c1cccc(-c2csc(=Nc3ccc(Cl)cc3)n2C2CCCc3ccccc32)c1. The number of nitro groups is 1. The van der Waals surface area contributed by atoms with Crippen LogP contribution in [0.25, 0.3) is 11.3 Å². The number of halogens is 1. The van der Waals surface area contributed by atoms with Crippen LogP contribution >= 0.6 is 22.9 Å². The highest BCUT2D eigenvalue weighted by molar-refractivity contribution is 7.07. The highest BCUT2D eigenvalue weighted by Crippen LogP contribution is 2.36. The van der Waals surface area contributed by atoms with E-state index in [-0.39, 0.29) is 16.7 Å². The minimum Gasteiger partial charge on any atom is -0.309 e. The molecule has 0 bridgehead atoms. The van der Waals surface area contributed by atoms with Gasteiger partial charge in [-0.2, -0.15) is 0 Å². The highest BCUT2D eigenvalue weighted by Gasteiger charge is 2.25. The summed E-state index contributed by atoms with van der Waals surface area (Å²) in [5.74, 6) is 0. The standard InChI is InChI=1S/C25H20ClN3O2S/c26-19-11-13-20(14-12-19)27-25-28(23-10-4-6-17-5-1-2-9-22(17)23)24(16-32-25)18-7-3-8-21(15-18)29(30)31/h1-3,5,7-9,11-16,23H,4,6,10H2. The number of nitrogens with zero attached hydrogens (tertiary/aromatic N) is 3. The number of non-ortho nitro benzene ring substituents is 1. The van der Waals surface area contributed by atoms with Gasteiger partial charge in [-0.1, -0.05) is 48.0 Å². The number of hydrogen-bond donors (Lipinski definition) is 0. The summed E-state index contributed by atoms with van der Waals surface area (Å²) >= 11 is 7.60. The molecule has 1 aromatic heterocycles. The average molecular weight is 462 g/mol. The molecule has 5 nitrogen and oxygen atoms in total. The molecule has 5 rings (SSSR count). The number of benzene rings is 3. The number of rotatable bonds is 4. The van der Waals surface area contributed by atoms with Crippen LogP contribution in [-0.4, -0.2) is 9.49 Å². The number of thiazole rings is 1. The zero-order chi connectivity index (χ0) is 22.1. The lowest BCUT2D eigenvalue weighted by Gasteiger charge is -2.28. The summed E-state index contributed by atoms with van der Waals surface area (Å²) < 4.78 is 2.25. The first-order valence-corrected chi connectivity index (χ1v) is 11.7. The molecule has 0 radical (unpaired) electrons. The fraction of sp³-hybridized carbons (Fsp3) is 0.160. The molecule has 1 heterocycles. The van der Waals surface area contributed by atoms with Gasteiger partial charge in [0.15, 0.2) is 4.80 Å². The summed E-state index contributed by atoms with van der Waals surface area (Å²) in [5, 5.41) is 14.1. The highest BCUT2D eigenvalue weighted by atomic mass is 35.5. The van der Waals surface area contributed by atoms with E-state index in [4.69, 9.17) is 16.6 Å². The smallest absolute Gasteiger partial charge is 0.270 e. The normalized spacial score (nSPS) is 16.0. The average Bonchev–Trinajstić information content (AvgIpc) is 3.23. The second-order valence-corrected chi connectivity index (χ2v) is 9.05. The lowest BCUT2D eigenvalue weighted by molar-refractivity contribution is -0.384. The summed E-state index contributed by atoms with van der Waals surface area (Å²) in [6.45, 7) is 0. The van der Waals surface area contributed by atoms with Crippen LogP contribution < -0.4 is 4.80 Å². The van der Waals surface area contributed by atoms with Crippen LogP contribution in [0.2, 0.25) is 5.02 Å². The topological polar surface area (TPSA) is 60.4 Å². The van der Waals surface area contributed by atoms with Crippen LogP contribution in [0.4, 0.5) is 11.4 Å². The van der Waals surface area contributed by atoms with E-state index >= 15 is 0 Å². The molecule has 0 fully saturated rings. The Labute approximate surface area is 194 Å². The summed E-state index contributed by atoms with van der Waals surface area (Å²) in [5.41, 5.74) is 5.30. The number of fused-ring (bicyclic) bond motifs is 1. The lowest BCUT2D eigenvalue weighted by atomic mass is 9.87. The molecule has 0 aliphatic heterocycles. The van der Waals surface area contributed by atoms with E-state index in [2.05, 4.69) is 28.8 Å². The van der Waals surface area contributed by atoms with Gasteiger partial charge in [-0.3, -0.25) is 10.1 Å². The first kappa shape index (κ1) is 20.7. The fourth-order valence-corrected chi connectivity index (χ4v) is 5.40. The third-order valence-electron chi connectivity index (χ3n) is 5.80. The molecule has 4 aromatic rings. The molecule has 1 aliphatic rings. The Morgan fingerprint density at radius 1 is 1.06 bits per heavy atom. The minimum absolute atomic E-state index is 0.0838. The predicted octanol–water partition coefficient (Wildman–Crippen LogP) is 6.94. The van der Waals surface area contributed by atoms with Gasteiger partial charge in [-0.15, -0.1) is 11.3 Å². The van der Waals surface area contributed by atoms with Crippen LogP contribution in [0.15, 0.2) is 83.2 Å². The molecule has 1 aliphatic carbocycles. The van der Waals surface area contributed by atoms with Gasteiger partial charge in [0.2, 0.25) is 0 Å². The monoisotopic (exact) mass is 461 g/mol. The van der Waals surface area contributed by atoms with Crippen molar-refractivity contribution in [3.8, 4) is 11.3 Å². The molecule has 0 amide bonds. The zero-order valence-electron chi connectivity index (χ0n) is 17.1. The van der Waals surface area contributed by atoms with E-state index in [1.807, 2.05) is 35.7 Å². The fourth-order valence-electron chi connectivity index (χ4n) is 4.32. The Balaban J connectivity index is 1.73. The van der Waals surface area contributed by atoms with Gasteiger partial charge in [-0.05, 0) is 54.7 Å². The van der Waals surface area contributed by atoms with Gasteiger partial charge in [-0.25, -0.2) is 4.99 Å². The van der Waals surface area contributed by atoms with Crippen LogP contribution in [-0.2, 0) is 6.42 Å². The van der Waals surface area contributed by atoms with Crippen LogP contribution in [0.1, 0.15) is 30.0 Å². The van der Waals surface area contributed by atoms with Crippen LogP contribution in [0.5, 0.6) is 0 Å². The van der Waals surface area contributed by atoms with E-state index in [0.29, 0.717) is 5.02 Å². The number of aryl methyl sites for hydroxylation is 1. The molecule has 0 N–H and O–H groups in total. The molecular weight excluding hydrogens is 442 g/mol. The molecule has 0 saturated carbocycles. The summed E-state index contributed by atoms with van der Waals surface area (Å²) in [7, 11) is 0. The van der Waals surface area contributed by atoms with Crippen molar-refractivity contribution in [2.75, 3.05) is 0 Å². The van der Waals surface area contributed by atoms with E-state index in [1.165, 1.54) is 17.2 Å². The van der Waals surface area contributed by atoms with E-state index in [1.54, 1.807) is 23.5 Å². The maximum atomic E-state index is 11.4. The molecule has 0 spiro atoms. The van der Waals surface area contributed by atoms with Gasteiger partial charge in [0.05, 0.1) is 22.3 Å². The van der Waals surface area contributed by atoms with Crippen molar-refractivity contribution < 1.29 is 4.92 Å². The Kier molecular flexibility index (Phi) is 5.64. The van der Waals surface area contributed by atoms with Crippen molar-refractivity contribution in [3.63, 3.8) is 0 Å². The van der Waals surface area contributed by atoms with Crippen molar-refractivity contribution >= 4 is 34.3 Å². The number of aromatic nitrogens is 1. The van der Waals surface area contributed by atoms with Crippen molar-refractivity contribution in [1.29, 1.82) is 0 Å². The van der Waals surface area contributed by atoms with Crippen LogP contribution in [0.3, 0.4) is 0 Å². The van der Waals surface area contributed by atoms with E-state index in [9.17, 15) is 10.1 Å². The largest absolute Gasteiger partial charge is 0.309 e. The van der Waals surface area contributed by atoms with Gasteiger partial charge < -0.3 is 4.57 Å². The third-order valence-corrected chi connectivity index (χ3v) is 6.89. The molecule has 1 unspecified atom stereocenters. The predicted molar refractivity (Wildman–Crippen MR) is 129 cm³/mol. The molecule has 160 valence electrons. The van der Waals surface area contributed by atoms with Crippen molar-refractivity contribution in [2.45, 2.75) is 25.3 Å². The first-order valence-electron chi connectivity index (χ1n) is 10.4. The van der Waals surface area contributed by atoms with Crippen LogP contribution in [0, 0.1) is 10.1 Å². The van der Waals surface area contributed by atoms with Gasteiger partial charge >= 0.3 is 0 Å². The molecule has 0 saturated heterocycles. The summed E-state index contributed by atoms with van der Waals surface area (Å²) in [6.07, 6.45) is 3.13. The van der Waals surface area contributed by atoms with E-state index in [0.717, 1.165) is 41.0 Å². The molecule has 32 heavy (non-hydrogen) atoms. The summed E-state index contributed by atoms with van der Waals surface area (Å²) in [4.78, 5) is 16.8. The Bertz CT molecular complexity index is 1360. The number of hydrogen-bond acceptors (Lipinski definition) is 4. The van der Waals surface area contributed by atoms with E-state index < -0.39 is 0 Å². The first-order chi connectivity index (χ1) is 15.6. The van der Waals surface area contributed by atoms with Gasteiger partial charge in [0.1, 0.15) is 0 Å². The lowest BCUT2D eigenvalue weighted by Crippen LogP contribution is -2.26. The van der Waals surface area contributed by atoms with Crippen molar-refractivity contribution in [2.24, 2.45) is 4.99 Å². The minimum atomic E-state index is -0.352. The maximum Gasteiger partial charge on any atom is 0.270 e. The quantitative estimate of drug-likeness (QED) is 0.244. The van der Waals surface area contributed by atoms with Crippen molar-refractivity contribution in [1.82, 2.24) is 4.57 Å². The number of nitro benzene ring substituents is 1. The maximum absolute atomic E-state index is 11.4. The second-order valence-electron chi connectivity index (χ2n) is 7.78. The second kappa shape index (κ2) is 8.73. The van der Waals surface area contributed by atoms with Gasteiger partial charge in [0, 0.05) is 28.1 Å². The zero-order valence-corrected chi connectivity index (χ0v) is 18.7. The Morgan fingerprint density at radius 2 is 1.88 bits per heavy atom. The molecule has 3 aromatic carbocycles. The summed E-state index contributed by atoms with van der Waals surface area (Å²) in [6, 6.07) is 22.9. The third kappa shape index (κ3) is 3.99.